The molecule has 1 atom stereocenters. The van der Waals surface area contributed by atoms with Gasteiger partial charge in [0.25, 0.3) is 0 Å². The van der Waals surface area contributed by atoms with E-state index in [9.17, 15) is 5.11 Å². The average molecular weight is 231 g/mol. The first-order valence-corrected chi connectivity index (χ1v) is 6.11. The van der Waals surface area contributed by atoms with E-state index in [1.807, 2.05) is 0 Å². The minimum absolute atomic E-state index is 0.0610. The van der Waals surface area contributed by atoms with Gasteiger partial charge in [0.05, 0.1) is 19.4 Å². The van der Waals surface area contributed by atoms with Crippen LogP contribution in [0.1, 0.15) is 6.92 Å². The molecule has 0 aliphatic carbocycles. The van der Waals surface area contributed by atoms with E-state index in [2.05, 4.69) is 28.7 Å². The van der Waals surface area contributed by atoms with Crippen LogP contribution >= 0.6 is 0 Å². The van der Waals surface area contributed by atoms with Gasteiger partial charge in [-0.05, 0) is 13.6 Å². The van der Waals surface area contributed by atoms with Gasteiger partial charge in [0, 0.05) is 32.7 Å². The first-order chi connectivity index (χ1) is 7.72. The SMILES string of the molecule is CCN(CCO)C(CO)N1CCN(C)CC1. The lowest BCUT2D eigenvalue weighted by Crippen LogP contribution is -2.57. The maximum Gasteiger partial charge on any atom is 0.0862 e. The van der Waals surface area contributed by atoms with E-state index in [1.165, 1.54) is 0 Å². The summed E-state index contributed by atoms with van der Waals surface area (Å²) in [5, 5.41) is 18.5. The van der Waals surface area contributed by atoms with Crippen LogP contribution in [0.3, 0.4) is 0 Å². The third kappa shape index (κ3) is 3.68. The molecule has 1 aliphatic heterocycles. The standard InChI is InChI=1S/C11H25N3O2/c1-3-13(8-9-15)11(10-16)14-6-4-12(2)5-7-14/h11,15-16H,3-10H2,1-2H3. The molecule has 1 unspecified atom stereocenters. The van der Waals surface area contributed by atoms with Gasteiger partial charge >= 0.3 is 0 Å². The molecule has 1 saturated heterocycles. The third-order valence-electron chi connectivity index (χ3n) is 3.34. The van der Waals surface area contributed by atoms with Crippen LogP contribution in [0.4, 0.5) is 0 Å². The summed E-state index contributed by atoms with van der Waals surface area (Å²) < 4.78 is 0. The van der Waals surface area contributed by atoms with Crippen LogP contribution in [0.5, 0.6) is 0 Å². The molecule has 5 heteroatoms. The number of nitrogens with zero attached hydrogens (tertiary/aromatic N) is 3. The topological polar surface area (TPSA) is 50.2 Å². The lowest BCUT2D eigenvalue weighted by atomic mass is 10.2. The second-order valence-corrected chi connectivity index (χ2v) is 4.35. The molecule has 1 aliphatic rings. The summed E-state index contributed by atoms with van der Waals surface area (Å²) in [4.78, 5) is 6.73. The Labute approximate surface area is 98.3 Å². The van der Waals surface area contributed by atoms with E-state index in [1.54, 1.807) is 0 Å². The maximum absolute atomic E-state index is 9.49. The minimum Gasteiger partial charge on any atom is -0.395 e. The lowest BCUT2D eigenvalue weighted by Gasteiger charge is -2.42. The van der Waals surface area contributed by atoms with Crippen LogP contribution in [0, 0.1) is 0 Å². The summed E-state index contributed by atoms with van der Waals surface area (Å²) in [7, 11) is 2.12. The molecule has 0 amide bonds. The van der Waals surface area contributed by atoms with Gasteiger partial charge in [0.1, 0.15) is 0 Å². The normalized spacial score (nSPS) is 21.6. The molecule has 2 N–H and O–H groups in total. The molecule has 1 rings (SSSR count). The van der Waals surface area contributed by atoms with E-state index in [4.69, 9.17) is 5.11 Å². The molecular weight excluding hydrogens is 206 g/mol. The van der Waals surface area contributed by atoms with Crippen LogP contribution in [0.25, 0.3) is 0 Å². The molecule has 0 bridgehead atoms. The Bertz CT molecular complexity index is 184. The zero-order valence-corrected chi connectivity index (χ0v) is 10.5. The van der Waals surface area contributed by atoms with Crippen molar-refractivity contribution in [1.82, 2.24) is 14.7 Å². The average Bonchev–Trinajstić information content (AvgIpc) is 2.31. The van der Waals surface area contributed by atoms with Gasteiger partial charge in [-0.3, -0.25) is 9.80 Å². The molecule has 1 heterocycles. The molecule has 0 aromatic heterocycles. The van der Waals surface area contributed by atoms with Gasteiger partial charge in [-0.25, -0.2) is 0 Å². The molecule has 0 aromatic rings. The Balaban J connectivity index is 2.51. The predicted octanol–water partition coefficient (Wildman–Crippen LogP) is -1.13. The largest absolute Gasteiger partial charge is 0.395 e. The smallest absolute Gasteiger partial charge is 0.0862 e. The van der Waals surface area contributed by atoms with Gasteiger partial charge in [0.2, 0.25) is 0 Å². The van der Waals surface area contributed by atoms with E-state index < -0.39 is 0 Å². The van der Waals surface area contributed by atoms with Gasteiger partial charge < -0.3 is 15.1 Å². The number of hydrogen-bond donors (Lipinski definition) is 2. The van der Waals surface area contributed by atoms with Crippen molar-refractivity contribution in [2.24, 2.45) is 0 Å². The highest BCUT2D eigenvalue weighted by molar-refractivity contribution is 4.77. The zero-order chi connectivity index (χ0) is 12.0. The quantitative estimate of drug-likeness (QED) is 0.606. The third-order valence-corrected chi connectivity index (χ3v) is 3.34. The zero-order valence-electron chi connectivity index (χ0n) is 10.5. The summed E-state index contributed by atoms with van der Waals surface area (Å²) in [6.07, 6.45) is 0.0610. The monoisotopic (exact) mass is 231 g/mol. The Hall–Kier alpha value is -0.200. The summed E-state index contributed by atoms with van der Waals surface area (Å²) in [6, 6.07) is 0. The first kappa shape index (κ1) is 13.9. The van der Waals surface area contributed by atoms with E-state index in [0.29, 0.717) is 6.54 Å². The fourth-order valence-corrected chi connectivity index (χ4v) is 2.23. The number of hydrogen-bond acceptors (Lipinski definition) is 5. The van der Waals surface area contributed by atoms with E-state index >= 15 is 0 Å². The Morgan fingerprint density at radius 2 is 1.81 bits per heavy atom. The Kier molecular flexibility index (Phi) is 6.23. The molecule has 0 saturated carbocycles. The van der Waals surface area contributed by atoms with Crippen molar-refractivity contribution in [3.05, 3.63) is 0 Å². The molecule has 0 spiro atoms. The van der Waals surface area contributed by atoms with Gasteiger partial charge in [0.15, 0.2) is 0 Å². The van der Waals surface area contributed by atoms with Gasteiger partial charge in [-0.15, -0.1) is 0 Å². The predicted molar refractivity (Wildman–Crippen MR) is 64.3 cm³/mol. The van der Waals surface area contributed by atoms with Gasteiger partial charge in [-0.2, -0.15) is 0 Å². The number of aliphatic hydroxyl groups is 2. The van der Waals surface area contributed by atoms with Crippen molar-refractivity contribution in [3.8, 4) is 0 Å². The number of piperazine rings is 1. The van der Waals surface area contributed by atoms with Crippen molar-refractivity contribution in [3.63, 3.8) is 0 Å². The summed E-state index contributed by atoms with van der Waals surface area (Å²) in [5.41, 5.74) is 0. The van der Waals surface area contributed by atoms with Crippen LogP contribution in [0.15, 0.2) is 0 Å². The lowest BCUT2D eigenvalue weighted by molar-refractivity contribution is -0.0227. The van der Waals surface area contributed by atoms with Crippen LogP contribution in [-0.2, 0) is 0 Å². The van der Waals surface area contributed by atoms with Gasteiger partial charge in [-0.1, -0.05) is 6.92 Å². The fraction of sp³-hybridized carbons (Fsp3) is 1.00. The molecule has 0 aromatic carbocycles. The highest BCUT2D eigenvalue weighted by Gasteiger charge is 2.25. The van der Waals surface area contributed by atoms with Crippen LogP contribution in [0.2, 0.25) is 0 Å². The molecule has 16 heavy (non-hydrogen) atoms. The van der Waals surface area contributed by atoms with E-state index in [-0.39, 0.29) is 19.4 Å². The first-order valence-electron chi connectivity index (χ1n) is 6.11. The number of likely N-dealkylation sites (N-methyl/N-ethyl adjacent to an activating group) is 2. The minimum atomic E-state index is 0.0610. The van der Waals surface area contributed by atoms with E-state index in [0.717, 1.165) is 32.7 Å². The maximum atomic E-state index is 9.49. The molecule has 96 valence electrons. The highest BCUT2D eigenvalue weighted by atomic mass is 16.3. The molecule has 0 radical (unpaired) electrons. The van der Waals surface area contributed by atoms with Crippen molar-refractivity contribution in [1.29, 1.82) is 0 Å². The van der Waals surface area contributed by atoms with Crippen LogP contribution in [-0.4, -0.2) is 90.6 Å². The summed E-state index contributed by atoms with van der Waals surface area (Å²) in [6.45, 7) is 7.92. The van der Waals surface area contributed by atoms with Crippen molar-refractivity contribution < 1.29 is 10.2 Å². The second-order valence-electron chi connectivity index (χ2n) is 4.35. The number of aliphatic hydroxyl groups excluding tert-OH is 2. The van der Waals surface area contributed by atoms with Crippen molar-refractivity contribution in [2.75, 3.05) is 59.5 Å². The molecular formula is C11H25N3O2. The highest BCUT2D eigenvalue weighted by Crippen LogP contribution is 2.09. The second kappa shape index (κ2) is 7.19. The summed E-state index contributed by atoms with van der Waals surface area (Å²) >= 11 is 0. The van der Waals surface area contributed by atoms with Crippen molar-refractivity contribution >= 4 is 0 Å². The van der Waals surface area contributed by atoms with Crippen LogP contribution < -0.4 is 0 Å². The molecule has 1 fully saturated rings. The molecule has 5 nitrogen and oxygen atoms in total. The Morgan fingerprint density at radius 3 is 2.25 bits per heavy atom. The number of rotatable bonds is 6. The van der Waals surface area contributed by atoms with Crippen molar-refractivity contribution in [2.45, 2.75) is 13.1 Å². The Morgan fingerprint density at radius 1 is 1.19 bits per heavy atom. The fourth-order valence-electron chi connectivity index (χ4n) is 2.23. The summed E-state index contributed by atoms with van der Waals surface area (Å²) in [5.74, 6) is 0.